The van der Waals surface area contributed by atoms with Gasteiger partial charge in [0.15, 0.2) is 0 Å². The molecule has 0 spiro atoms. The van der Waals surface area contributed by atoms with Crippen molar-refractivity contribution in [2.45, 2.75) is 70.4 Å². The summed E-state index contributed by atoms with van der Waals surface area (Å²) in [6, 6.07) is 73.4. The zero-order chi connectivity index (χ0) is 96.1. The minimum absolute atomic E-state index is 0.0239. The van der Waals surface area contributed by atoms with Crippen LogP contribution in [-0.2, 0) is 12.1 Å². The number of likely N-dealkylation sites (tertiary alicyclic amines) is 4. The van der Waals surface area contributed by atoms with Crippen molar-refractivity contribution >= 4 is 120 Å². The van der Waals surface area contributed by atoms with E-state index in [9.17, 15) is 65.9 Å². The number of hydrogen-bond donors (Lipinski definition) is 4. The molecule has 4 fully saturated rings. The SMILES string of the molecule is CC(F)(F)c1ccccc1C(=O)c1sc2cc(O)ccc2c1-c1ccc(OCCCN2CCC2)cc1.O=C(c1ccc(C(F)(F)F)cc1)c1sc2cc(O)ccc2c1-c1ccc(OCCCN2CCC2)cc1.O=C(c1ccc(Cl)cc1)c1sc2cc(O)ccc2c1-c1ccc(OCCCN2CCC2)cc1.O=C(c1ccc(F)cc1)c1sc2cc(O)ccc2c1-c1ccc(OCCCN2CCC2)cc1. The lowest BCUT2D eigenvalue weighted by atomic mass is 9.94. The lowest BCUT2D eigenvalue weighted by Crippen LogP contribution is -2.38. The van der Waals surface area contributed by atoms with Crippen molar-refractivity contribution < 1.29 is 84.9 Å². The van der Waals surface area contributed by atoms with Gasteiger partial charge in [0, 0.05) is 129 Å². The number of nitrogens with zero attached hydrogens (tertiary/aromatic N) is 4. The first kappa shape index (κ1) is 96.9. The zero-order valence-electron chi connectivity index (χ0n) is 75.5. The van der Waals surface area contributed by atoms with Crippen molar-refractivity contribution in [2.75, 3.05) is 105 Å². The fourth-order valence-electron chi connectivity index (χ4n) is 16.9. The second-order valence-electron chi connectivity index (χ2n) is 34.5. The van der Waals surface area contributed by atoms with Crippen molar-refractivity contribution in [3.63, 3.8) is 0 Å². The second kappa shape index (κ2) is 44.0. The van der Waals surface area contributed by atoms with Crippen LogP contribution >= 0.6 is 56.9 Å². The standard InChI is InChI=1S/C29H27F2NO3S.C28H24F3NO3S.C27H24ClNO3S.C27H24FNO3S/c1-29(30,31)24-7-3-2-6-22(24)27(34)28-26(23-13-10-20(33)18-25(23)36-28)19-8-11-21(12-9-19)35-17-5-16-32-14-4-15-32;29-28(30,31)20-7-3-19(4-8-20)26(34)27-25(23-12-9-21(33)17-24(23)36-27)18-5-10-22(11-6-18)35-16-2-15-32-13-1-14-32;2*28-20-7-3-19(4-8-20)26(31)27-25(23-12-9-21(30)17-24(23)33-27)18-5-10-22(11-6-18)32-16-2-15-29-13-1-14-29/h2-3,6-13,18,33H,4-5,14-17H2,1H3;3-12,17,33H,1-2,13-16H2;2*3-12,17,30H,1-2,13-16H2. The van der Waals surface area contributed by atoms with E-state index in [2.05, 4.69) is 19.6 Å². The Bertz CT molecular complexity index is 6790. The highest BCUT2D eigenvalue weighted by molar-refractivity contribution is 7.23. The summed E-state index contributed by atoms with van der Waals surface area (Å²) in [4.78, 5) is 65.4. The Labute approximate surface area is 815 Å². The van der Waals surface area contributed by atoms with Crippen molar-refractivity contribution in [1.82, 2.24) is 19.6 Å². The molecular formula is C111H99ClF6N4O12S4. The predicted molar refractivity (Wildman–Crippen MR) is 539 cm³/mol. The Kier molecular flexibility index (Phi) is 30.9. The molecule has 4 N–H and O–H groups in total. The maximum Gasteiger partial charge on any atom is 0.416 e. The number of carbonyl (C=O) groups excluding carboxylic acids is 4. The lowest BCUT2D eigenvalue weighted by molar-refractivity contribution is -0.137. The highest BCUT2D eigenvalue weighted by Crippen LogP contribution is 2.48. The first-order valence-electron chi connectivity index (χ1n) is 46.0. The van der Waals surface area contributed by atoms with Gasteiger partial charge in [0.25, 0.3) is 5.92 Å². The first-order chi connectivity index (χ1) is 66.8. The van der Waals surface area contributed by atoms with Gasteiger partial charge in [0.05, 0.1) is 51.5 Å². The van der Waals surface area contributed by atoms with E-state index in [1.165, 1.54) is 165 Å². The van der Waals surface area contributed by atoms with Crippen LogP contribution in [0.15, 0.2) is 267 Å². The Balaban J connectivity index is 0.000000127. The van der Waals surface area contributed by atoms with Crippen molar-refractivity contribution in [1.29, 1.82) is 0 Å². The molecular weight excluding hydrogens is 1860 g/mol. The van der Waals surface area contributed by atoms with Gasteiger partial charge >= 0.3 is 6.18 Å². The van der Waals surface area contributed by atoms with Gasteiger partial charge in [-0.15, -0.1) is 45.3 Å². The summed E-state index contributed by atoms with van der Waals surface area (Å²) in [5.41, 5.74) is 6.49. The molecule has 16 nitrogen and oxygen atoms in total. The van der Waals surface area contributed by atoms with Crippen molar-refractivity contribution in [2.24, 2.45) is 0 Å². The van der Waals surface area contributed by atoms with Gasteiger partial charge in [0.1, 0.15) is 51.8 Å². The number of rotatable bonds is 33. The van der Waals surface area contributed by atoms with Crippen LogP contribution in [0.1, 0.15) is 130 Å². The molecule has 0 unspecified atom stereocenters. The van der Waals surface area contributed by atoms with Gasteiger partial charge < -0.3 is 59.0 Å². The quantitative estimate of drug-likeness (QED) is 0.0172. The molecule has 0 saturated carbocycles. The summed E-state index contributed by atoms with van der Waals surface area (Å²) in [5, 5.41) is 43.9. The number of fused-ring (bicyclic) bond motifs is 4. The molecule has 0 atom stereocenters. The molecule has 0 radical (unpaired) electrons. The van der Waals surface area contributed by atoms with Crippen LogP contribution in [0.4, 0.5) is 26.3 Å². The minimum atomic E-state index is -4.47. The van der Waals surface area contributed by atoms with Crippen molar-refractivity contribution in [3.05, 3.63) is 331 Å². The molecule has 4 aliphatic rings. The molecule has 138 heavy (non-hydrogen) atoms. The number of aromatic hydroxyl groups is 4. The van der Waals surface area contributed by atoms with Crippen LogP contribution in [-0.4, -0.2) is 168 Å². The van der Waals surface area contributed by atoms with E-state index < -0.39 is 23.4 Å². The van der Waals surface area contributed by atoms with Gasteiger partial charge in [-0.1, -0.05) is 96.5 Å². The molecule has 27 heteroatoms. The predicted octanol–water partition coefficient (Wildman–Crippen LogP) is 26.8. The number of hydrogen-bond acceptors (Lipinski definition) is 20. The largest absolute Gasteiger partial charge is 0.508 e. The highest BCUT2D eigenvalue weighted by atomic mass is 35.5. The van der Waals surface area contributed by atoms with E-state index in [1.807, 2.05) is 109 Å². The molecule has 16 aromatic rings. The molecule has 4 aliphatic heterocycles. The molecule has 708 valence electrons. The zero-order valence-corrected chi connectivity index (χ0v) is 79.5. The average molecular weight is 1960 g/mol. The lowest BCUT2D eigenvalue weighted by Gasteiger charge is -2.30. The summed E-state index contributed by atoms with van der Waals surface area (Å²) in [6.07, 6.45) is 4.59. The molecule has 0 bridgehead atoms. The molecule has 12 aromatic carbocycles. The maximum absolute atomic E-state index is 14.3. The number of ether oxygens (including phenoxy) is 4. The maximum atomic E-state index is 14.3. The monoisotopic (exact) mass is 1960 g/mol. The Morgan fingerprint density at radius 3 is 0.877 bits per heavy atom. The fraction of sp³-hybridized carbons (Fsp3) is 0.243. The third-order valence-electron chi connectivity index (χ3n) is 24.8. The van der Waals surface area contributed by atoms with Crippen LogP contribution in [0.3, 0.4) is 0 Å². The van der Waals surface area contributed by atoms with Crippen LogP contribution < -0.4 is 18.9 Å². The summed E-state index contributed by atoms with van der Waals surface area (Å²) in [6.45, 7) is 17.1. The molecule has 4 aromatic heterocycles. The van der Waals surface area contributed by atoms with Gasteiger partial charge in [-0.2, -0.15) is 13.2 Å². The minimum Gasteiger partial charge on any atom is -0.508 e. The Morgan fingerprint density at radius 2 is 0.609 bits per heavy atom. The summed E-state index contributed by atoms with van der Waals surface area (Å²) >= 11 is 11.1. The smallest absolute Gasteiger partial charge is 0.416 e. The number of phenolic OH excluding ortho intramolecular Hbond substituents is 4. The second-order valence-corrected chi connectivity index (χ2v) is 39.1. The Morgan fingerprint density at radius 1 is 0.341 bits per heavy atom. The normalized spacial score (nSPS) is 13.9. The topological polar surface area (TPSA) is 199 Å². The molecule has 8 heterocycles. The van der Waals surface area contributed by atoms with Gasteiger partial charge in [-0.3, -0.25) is 19.2 Å². The van der Waals surface area contributed by atoms with Crippen LogP contribution in [0.25, 0.3) is 84.9 Å². The van der Waals surface area contributed by atoms with Crippen LogP contribution in [0.2, 0.25) is 5.02 Å². The van der Waals surface area contributed by atoms with E-state index >= 15 is 0 Å². The molecule has 0 aliphatic carbocycles. The van der Waals surface area contributed by atoms with E-state index in [1.54, 1.807) is 91.0 Å². The Hall–Kier alpha value is -12.7. The number of carbonyl (C=O) groups is 4. The highest BCUT2D eigenvalue weighted by Gasteiger charge is 2.35. The fourth-order valence-corrected chi connectivity index (χ4v) is 21.9. The van der Waals surface area contributed by atoms with Crippen LogP contribution in [0.5, 0.6) is 46.0 Å². The first-order valence-corrected chi connectivity index (χ1v) is 49.6. The van der Waals surface area contributed by atoms with Gasteiger partial charge in [-0.25, -0.2) is 13.2 Å². The van der Waals surface area contributed by atoms with Crippen molar-refractivity contribution in [3.8, 4) is 90.5 Å². The number of benzene rings is 12. The van der Waals surface area contributed by atoms with Gasteiger partial charge in [0.2, 0.25) is 23.1 Å². The average Bonchev–Trinajstić information content (AvgIpc) is 1.63. The number of thiophene rings is 4. The number of ketones is 4. The summed E-state index contributed by atoms with van der Waals surface area (Å²) in [5.74, 6) is -1.02. The number of halogens is 7. The van der Waals surface area contributed by atoms with Crippen LogP contribution in [0, 0.1) is 5.82 Å². The summed E-state index contributed by atoms with van der Waals surface area (Å²) in [7, 11) is 0. The third kappa shape index (κ3) is 23.5. The number of alkyl halides is 5. The van der Waals surface area contributed by atoms with E-state index in [4.69, 9.17) is 30.5 Å². The number of phenols is 4. The summed E-state index contributed by atoms with van der Waals surface area (Å²) < 4.78 is 108. The molecule has 0 amide bonds. The molecule has 4 saturated heterocycles. The van der Waals surface area contributed by atoms with Gasteiger partial charge in [-0.05, 0) is 308 Å². The molecule has 20 rings (SSSR count). The van der Waals surface area contributed by atoms with E-state index in [0.717, 1.165) is 171 Å². The third-order valence-corrected chi connectivity index (χ3v) is 29.6. The van der Waals surface area contributed by atoms with E-state index in [-0.39, 0.29) is 62.9 Å². The van der Waals surface area contributed by atoms with E-state index in [0.29, 0.717) is 82.6 Å².